The van der Waals surface area contributed by atoms with Crippen LogP contribution in [-0.4, -0.2) is 65.3 Å². The van der Waals surface area contributed by atoms with Gasteiger partial charge in [0.2, 0.25) is 11.7 Å². The number of allylic oxidation sites excluding steroid dienone is 1. The molecule has 0 bridgehead atoms. The van der Waals surface area contributed by atoms with E-state index in [0.29, 0.717) is 11.3 Å². The molecular formula is C28H31N5O4. The molecule has 37 heavy (non-hydrogen) atoms. The SMILES string of the molecule is CCOC(=O)C1C(=O)/C(=C/c2c[nH]c3ncccc23)OC1=Nc1ccc(NCCN2CCCC2)cc1C. The summed E-state index contributed by atoms with van der Waals surface area (Å²) in [5.74, 6) is -2.33. The van der Waals surface area contributed by atoms with Crippen molar-refractivity contribution in [2.75, 3.05) is 38.1 Å². The normalized spacial score (nSPS) is 20.2. The minimum Gasteiger partial charge on any atom is -0.465 e. The maximum Gasteiger partial charge on any atom is 0.326 e. The largest absolute Gasteiger partial charge is 0.465 e. The fourth-order valence-corrected chi connectivity index (χ4v) is 4.71. The van der Waals surface area contributed by atoms with Gasteiger partial charge in [-0.2, -0.15) is 0 Å². The highest BCUT2D eigenvalue weighted by Gasteiger charge is 2.44. The van der Waals surface area contributed by atoms with Gasteiger partial charge >= 0.3 is 5.97 Å². The van der Waals surface area contributed by atoms with Crippen LogP contribution < -0.4 is 5.32 Å². The van der Waals surface area contributed by atoms with Crippen molar-refractivity contribution < 1.29 is 19.1 Å². The molecule has 0 aliphatic carbocycles. The summed E-state index contributed by atoms with van der Waals surface area (Å²) in [6, 6.07) is 9.53. The Morgan fingerprint density at radius 3 is 2.95 bits per heavy atom. The van der Waals surface area contributed by atoms with Crippen molar-refractivity contribution in [2.24, 2.45) is 10.9 Å². The number of nitrogens with zero attached hydrogens (tertiary/aromatic N) is 3. The summed E-state index contributed by atoms with van der Waals surface area (Å²) in [5.41, 5.74) is 3.95. The topological polar surface area (TPSA) is 109 Å². The molecule has 3 aromatic rings. The Kier molecular flexibility index (Phi) is 7.32. The molecule has 2 aliphatic heterocycles. The molecule has 0 spiro atoms. The van der Waals surface area contributed by atoms with Crippen molar-refractivity contribution in [3.05, 3.63) is 59.6 Å². The lowest BCUT2D eigenvalue weighted by Crippen LogP contribution is -2.27. The van der Waals surface area contributed by atoms with E-state index in [1.54, 1.807) is 25.4 Å². The summed E-state index contributed by atoms with van der Waals surface area (Å²) >= 11 is 0. The van der Waals surface area contributed by atoms with Crippen molar-refractivity contribution in [3.63, 3.8) is 0 Å². The van der Waals surface area contributed by atoms with Gasteiger partial charge in [-0.1, -0.05) is 0 Å². The van der Waals surface area contributed by atoms with E-state index in [-0.39, 0.29) is 18.3 Å². The van der Waals surface area contributed by atoms with Crippen LogP contribution in [0.2, 0.25) is 0 Å². The molecule has 192 valence electrons. The van der Waals surface area contributed by atoms with Gasteiger partial charge in [-0.05, 0) is 81.7 Å². The number of aliphatic imine (C=N–C) groups is 1. The molecule has 2 aliphatic rings. The van der Waals surface area contributed by atoms with Crippen molar-refractivity contribution in [2.45, 2.75) is 26.7 Å². The van der Waals surface area contributed by atoms with Crippen LogP contribution in [0.3, 0.4) is 0 Å². The quantitative estimate of drug-likeness (QED) is 0.270. The zero-order valence-corrected chi connectivity index (χ0v) is 21.1. The number of carbonyl (C=O) groups is 2. The third kappa shape index (κ3) is 5.41. The lowest BCUT2D eigenvalue weighted by molar-refractivity contribution is -0.147. The number of anilines is 1. The highest BCUT2D eigenvalue weighted by Crippen LogP contribution is 2.31. The highest BCUT2D eigenvalue weighted by molar-refractivity contribution is 6.27. The van der Waals surface area contributed by atoms with Gasteiger partial charge in [0, 0.05) is 42.1 Å². The third-order valence-electron chi connectivity index (χ3n) is 6.64. The summed E-state index contributed by atoms with van der Waals surface area (Å²) in [5, 5.41) is 4.30. The maximum atomic E-state index is 13.2. The molecule has 2 N–H and O–H groups in total. The highest BCUT2D eigenvalue weighted by atomic mass is 16.5. The van der Waals surface area contributed by atoms with Gasteiger partial charge in [0.05, 0.1) is 12.3 Å². The molecule has 4 heterocycles. The van der Waals surface area contributed by atoms with Gasteiger partial charge in [-0.3, -0.25) is 9.59 Å². The maximum absolute atomic E-state index is 13.2. The summed E-state index contributed by atoms with van der Waals surface area (Å²) in [6.07, 6.45) is 7.60. The first-order valence-corrected chi connectivity index (χ1v) is 12.7. The number of likely N-dealkylation sites (tertiary alicyclic amines) is 1. The van der Waals surface area contributed by atoms with E-state index in [2.05, 4.69) is 25.2 Å². The van der Waals surface area contributed by atoms with E-state index in [0.717, 1.165) is 35.3 Å². The van der Waals surface area contributed by atoms with Gasteiger partial charge in [0.25, 0.3) is 0 Å². The number of benzene rings is 1. The first-order valence-electron chi connectivity index (χ1n) is 12.7. The molecule has 1 atom stereocenters. The van der Waals surface area contributed by atoms with E-state index in [1.807, 2.05) is 37.3 Å². The number of aromatic nitrogens is 2. The number of aryl methyl sites for hydroxylation is 1. The number of hydrogen-bond acceptors (Lipinski definition) is 8. The third-order valence-corrected chi connectivity index (χ3v) is 6.64. The number of ketones is 1. The average Bonchev–Trinajstić information content (AvgIpc) is 3.62. The average molecular weight is 502 g/mol. The molecule has 2 saturated heterocycles. The van der Waals surface area contributed by atoms with Crippen LogP contribution in [0, 0.1) is 12.8 Å². The minimum atomic E-state index is -1.24. The molecule has 0 radical (unpaired) electrons. The molecule has 1 aromatic carbocycles. The summed E-state index contributed by atoms with van der Waals surface area (Å²) in [6.45, 7) is 8.02. The Labute approximate surface area is 215 Å². The molecular weight excluding hydrogens is 470 g/mol. The first kappa shape index (κ1) is 24.7. The van der Waals surface area contributed by atoms with Gasteiger partial charge in [0.1, 0.15) is 5.65 Å². The number of H-pyrrole nitrogens is 1. The smallest absolute Gasteiger partial charge is 0.326 e. The van der Waals surface area contributed by atoms with Gasteiger partial charge < -0.3 is 24.7 Å². The van der Waals surface area contributed by atoms with Crippen LogP contribution in [0.5, 0.6) is 0 Å². The lowest BCUT2D eigenvalue weighted by atomic mass is 10.0. The summed E-state index contributed by atoms with van der Waals surface area (Å²) < 4.78 is 11.1. The minimum absolute atomic E-state index is 0.0190. The molecule has 0 amide bonds. The van der Waals surface area contributed by atoms with Gasteiger partial charge in [-0.25, -0.2) is 9.98 Å². The predicted octanol–water partition coefficient (Wildman–Crippen LogP) is 4.23. The second-order valence-corrected chi connectivity index (χ2v) is 9.23. The molecule has 1 unspecified atom stereocenters. The van der Waals surface area contributed by atoms with Crippen LogP contribution in [0.25, 0.3) is 17.1 Å². The first-order chi connectivity index (χ1) is 18.0. The van der Waals surface area contributed by atoms with Gasteiger partial charge in [0.15, 0.2) is 11.7 Å². The zero-order valence-electron chi connectivity index (χ0n) is 21.1. The van der Waals surface area contributed by atoms with Gasteiger partial charge in [-0.15, -0.1) is 0 Å². The van der Waals surface area contributed by atoms with Crippen LogP contribution in [0.4, 0.5) is 11.4 Å². The number of pyridine rings is 1. The number of carbonyl (C=O) groups excluding carboxylic acids is 2. The predicted molar refractivity (Wildman–Crippen MR) is 143 cm³/mol. The fraction of sp³-hybridized carbons (Fsp3) is 0.357. The van der Waals surface area contributed by atoms with Crippen molar-refractivity contribution in [3.8, 4) is 0 Å². The number of hydrogen-bond donors (Lipinski definition) is 2. The number of nitrogens with one attached hydrogen (secondary N) is 2. The molecule has 9 nitrogen and oxygen atoms in total. The molecule has 2 aromatic heterocycles. The van der Waals surface area contributed by atoms with E-state index in [9.17, 15) is 9.59 Å². The Balaban J connectivity index is 1.38. The Morgan fingerprint density at radius 1 is 1.32 bits per heavy atom. The number of esters is 1. The summed E-state index contributed by atoms with van der Waals surface area (Å²) in [7, 11) is 0. The Hall–Kier alpha value is -3.98. The number of rotatable bonds is 8. The van der Waals surface area contributed by atoms with Crippen molar-refractivity contribution in [1.82, 2.24) is 14.9 Å². The fourth-order valence-electron chi connectivity index (χ4n) is 4.71. The Bertz CT molecular complexity index is 1370. The van der Waals surface area contributed by atoms with E-state index >= 15 is 0 Å². The van der Waals surface area contributed by atoms with Crippen molar-refractivity contribution >= 4 is 46.1 Å². The number of aromatic amines is 1. The molecule has 9 heteroatoms. The van der Waals surface area contributed by atoms with Crippen LogP contribution in [-0.2, 0) is 19.1 Å². The van der Waals surface area contributed by atoms with Crippen LogP contribution in [0.1, 0.15) is 30.9 Å². The van der Waals surface area contributed by atoms with E-state index in [1.165, 1.54) is 25.9 Å². The number of Topliss-reactive ketones (excluding diaryl/α,β-unsaturated/α-hetero) is 1. The van der Waals surface area contributed by atoms with Crippen LogP contribution in [0.15, 0.2) is 53.5 Å². The molecule has 2 fully saturated rings. The molecule has 5 rings (SSSR count). The summed E-state index contributed by atoms with van der Waals surface area (Å²) in [4.78, 5) is 40.4. The van der Waals surface area contributed by atoms with Crippen LogP contribution >= 0.6 is 0 Å². The second kappa shape index (κ2) is 11.0. The standard InChI is InChI=1S/C28H31N5O4/c1-3-36-28(35)24-25(34)23(16-19-17-31-26-21(19)7-6-10-30-26)37-27(24)32-22-9-8-20(15-18(22)2)29-11-14-33-12-4-5-13-33/h6-10,15-17,24,29H,3-5,11-14H2,1-2H3,(H,30,31)/b23-16-,32-27?. The Morgan fingerprint density at radius 2 is 2.16 bits per heavy atom. The monoisotopic (exact) mass is 501 g/mol. The second-order valence-electron chi connectivity index (χ2n) is 9.23. The molecule has 0 saturated carbocycles. The van der Waals surface area contributed by atoms with E-state index < -0.39 is 17.7 Å². The van der Waals surface area contributed by atoms with E-state index in [4.69, 9.17) is 9.47 Å². The zero-order chi connectivity index (χ0) is 25.8. The number of ether oxygens (including phenoxy) is 2. The van der Waals surface area contributed by atoms with Crippen molar-refractivity contribution in [1.29, 1.82) is 0 Å². The number of fused-ring (bicyclic) bond motifs is 1. The lowest BCUT2D eigenvalue weighted by Gasteiger charge is -2.15.